The van der Waals surface area contributed by atoms with Crippen molar-refractivity contribution in [2.75, 3.05) is 0 Å². The molecule has 0 aliphatic rings. The van der Waals surface area contributed by atoms with Crippen LogP contribution in [0.1, 0.15) is 10.5 Å². The van der Waals surface area contributed by atoms with Gasteiger partial charge in [-0.2, -0.15) is 15.4 Å². The van der Waals surface area contributed by atoms with Crippen molar-refractivity contribution in [3.63, 3.8) is 0 Å². The predicted octanol–water partition coefficient (Wildman–Crippen LogP) is 2.38. The van der Waals surface area contributed by atoms with Crippen LogP contribution in [-0.2, 0) is 0 Å². The van der Waals surface area contributed by atoms with Gasteiger partial charge in [0.2, 0.25) is 0 Å². The molecule has 0 unspecified atom stereocenters. The third-order valence-corrected chi connectivity index (χ3v) is 3.10. The van der Waals surface area contributed by atoms with Gasteiger partial charge >= 0.3 is 0 Å². The van der Waals surface area contributed by atoms with Crippen LogP contribution in [0.2, 0.25) is 0 Å². The molecule has 0 aliphatic heterocycles. The molecule has 3 aromatic rings. The minimum atomic E-state index is -0.673. The number of primary amides is 1. The first-order valence-corrected chi connectivity index (χ1v) is 6.22. The number of nitrogens with one attached hydrogen (secondary N) is 1. The molecular weight excluding hydrogens is 271 g/mol. The molecule has 1 aromatic heterocycles. The van der Waals surface area contributed by atoms with E-state index in [-0.39, 0.29) is 11.5 Å². The third kappa shape index (κ3) is 2.38. The number of hydrogen-bond acceptors (Lipinski definition) is 3. The van der Waals surface area contributed by atoms with Crippen molar-refractivity contribution in [2.24, 2.45) is 5.73 Å². The Kier molecular flexibility index (Phi) is 3.19. The van der Waals surface area contributed by atoms with Crippen LogP contribution in [0.4, 0.5) is 4.39 Å². The maximum Gasteiger partial charge on any atom is 0.271 e. The van der Waals surface area contributed by atoms with E-state index in [9.17, 15) is 9.18 Å². The van der Waals surface area contributed by atoms with Gasteiger partial charge in [-0.25, -0.2) is 4.39 Å². The molecule has 0 saturated heterocycles. The van der Waals surface area contributed by atoms with E-state index in [4.69, 9.17) is 5.73 Å². The number of H-pyrrole nitrogens is 1. The minimum absolute atomic E-state index is 0.0545. The van der Waals surface area contributed by atoms with E-state index >= 15 is 0 Å². The Balaban J connectivity index is 2.21. The fourth-order valence-corrected chi connectivity index (χ4v) is 2.19. The van der Waals surface area contributed by atoms with Crippen molar-refractivity contribution in [3.8, 4) is 22.4 Å². The maximum absolute atomic E-state index is 13.4. The Hall–Kier alpha value is -3.02. The molecule has 1 amide bonds. The Labute approximate surface area is 119 Å². The van der Waals surface area contributed by atoms with Crippen LogP contribution in [0, 0.1) is 5.82 Å². The van der Waals surface area contributed by atoms with Crippen molar-refractivity contribution in [1.82, 2.24) is 15.4 Å². The summed E-state index contributed by atoms with van der Waals surface area (Å²) in [5, 5.41) is 10.1. The average Bonchev–Trinajstić information content (AvgIpc) is 2.97. The summed E-state index contributed by atoms with van der Waals surface area (Å²) >= 11 is 0. The van der Waals surface area contributed by atoms with E-state index in [1.807, 2.05) is 12.1 Å². The highest BCUT2D eigenvalue weighted by atomic mass is 19.1. The molecule has 0 spiro atoms. The van der Waals surface area contributed by atoms with Crippen molar-refractivity contribution in [1.29, 1.82) is 0 Å². The van der Waals surface area contributed by atoms with Gasteiger partial charge in [0, 0.05) is 5.56 Å². The second kappa shape index (κ2) is 5.16. The molecule has 0 radical (unpaired) electrons. The van der Waals surface area contributed by atoms with Crippen LogP contribution in [-0.4, -0.2) is 21.3 Å². The van der Waals surface area contributed by atoms with Gasteiger partial charge in [0.25, 0.3) is 5.91 Å². The molecule has 0 atom stereocenters. The summed E-state index contributed by atoms with van der Waals surface area (Å²) in [5.41, 5.74) is 7.78. The number of nitrogens with zero attached hydrogens (tertiary/aromatic N) is 2. The highest BCUT2D eigenvalue weighted by Gasteiger charge is 2.18. The van der Waals surface area contributed by atoms with Gasteiger partial charge in [-0.05, 0) is 23.3 Å². The van der Waals surface area contributed by atoms with E-state index in [2.05, 4.69) is 15.4 Å². The van der Waals surface area contributed by atoms with Gasteiger partial charge in [0.1, 0.15) is 11.5 Å². The molecule has 5 nitrogen and oxygen atoms in total. The lowest BCUT2D eigenvalue weighted by atomic mass is 9.96. The highest BCUT2D eigenvalue weighted by Crippen LogP contribution is 2.32. The van der Waals surface area contributed by atoms with E-state index < -0.39 is 5.91 Å². The summed E-state index contributed by atoms with van der Waals surface area (Å²) in [6.07, 6.45) is 0. The predicted molar refractivity (Wildman–Crippen MR) is 75.7 cm³/mol. The summed E-state index contributed by atoms with van der Waals surface area (Å²) in [6, 6.07) is 13.4. The van der Waals surface area contributed by atoms with Crippen LogP contribution in [0.25, 0.3) is 22.4 Å². The van der Waals surface area contributed by atoms with Gasteiger partial charge in [0.15, 0.2) is 5.69 Å². The first kappa shape index (κ1) is 13.0. The number of aromatic nitrogens is 3. The summed E-state index contributed by atoms with van der Waals surface area (Å²) in [5.74, 6) is -1.01. The van der Waals surface area contributed by atoms with Gasteiger partial charge in [0.05, 0.1) is 0 Å². The average molecular weight is 282 g/mol. The fraction of sp³-hybridized carbons (Fsp3) is 0. The van der Waals surface area contributed by atoms with Crippen LogP contribution < -0.4 is 5.73 Å². The molecule has 104 valence electrons. The lowest BCUT2D eigenvalue weighted by Crippen LogP contribution is -2.12. The first-order chi connectivity index (χ1) is 10.2. The number of nitrogens with two attached hydrogens (primary N) is 1. The van der Waals surface area contributed by atoms with Crippen molar-refractivity contribution >= 4 is 5.91 Å². The Morgan fingerprint density at radius 2 is 1.81 bits per heavy atom. The second-order valence-corrected chi connectivity index (χ2v) is 4.44. The van der Waals surface area contributed by atoms with Gasteiger partial charge < -0.3 is 5.73 Å². The van der Waals surface area contributed by atoms with Crippen molar-refractivity contribution < 1.29 is 9.18 Å². The standard InChI is InChI=1S/C15H11FN4O/c16-10-5-3-4-9(8-10)11-6-1-2-7-12(11)13-14(15(17)21)19-20-18-13/h1-8H,(H2,17,21)(H,18,19,20). The largest absolute Gasteiger partial charge is 0.364 e. The Morgan fingerprint density at radius 3 is 2.52 bits per heavy atom. The van der Waals surface area contributed by atoms with Crippen LogP contribution in [0.3, 0.4) is 0 Å². The molecule has 3 rings (SSSR count). The van der Waals surface area contributed by atoms with Crippen LogP contribution in [0.5, 0.6) is 0 Å². The Morgan fingerprint density at radius 1 is 1.05 bits per heavy atom. The number of rotatable bonds is 3. The topological polar surface area (TPSA) is 84.7 Å². The molecule has 21 heavy (non-hydrogen) atoms. The Bertz CT molecular complexity index is 813. The smallest absolute Gasteiger partial charge is 0.271 e. The van der Waals surface area contributed by atoms with Gasteiger partial charge in [-0.3, -0.25) is 4.79 Å². The lowest BCUT2D eigenvalue weighted by molar-refractivity contribution is 0.0996. The normalized spacial score (nSPS) is 10.5. The van der Waals surface area contributed by atoms with Crippen LogP contribution >= 0.6 is 0 Å². The maximum atomic E-state index is 13.4. The third-order valence-electron chi connectivity index (χ3n) is 3.10. The number of carbonyl (C=O) groups excluding carboxylic acids is 1. The molecule has 6 heteroatoms. The number of amides is 1. The number of hydrogen-bond donors (Lipinski definition) is 2. The molecular formula is C15H11FN4O. The molecule has 1 heterocycles. The zero-order valence-electron chi connectivity index (χ0n) is 10.9. The minimum Gasteiger partial charge on any atom is -0.364 e. The molecule has 0 bridgehead atoms. The number of aromatic amines is 1. The quantitative estimate of drug-likeness (QED) is 0.773. The van der Waals surface area contributed by atoms with Gasteiger partial charge in [-0.15, -0.1) is 0 Å². The zero-order valence-corrected chi connectivity index (χ0v) is 10.9. The molecule has 3 N–H and O–H groups in total. The summed E-state index contributed by atoms with van der Waals surface area (Å²) in [4.78, 5) is 11.4. The number of benzene rings is 2. The zero-order chi connectivity index (χ0) is 14.8. The molecule has 2 aromatic carbocycles. The first-order valence-electron chi connectivity index (χ1n) is 6.22. The van der Waals surface area contributed by atoms with E-state index in [0.29, 0.717) is 16.8 Å². The van der Waals surface area contributed by atoms with E-state index in [1.165, 1.54) is 12.1 Å². The summed E-state index contributed by atoms with van der Waals surface area (Å²) in [7, 11) is 0. The number of halogens is 1. The SMILES string of the molecule is NC(=O)c1n[nH]nc1-c1ccccc1-c1cccc(F)c1. The lowest BCUT2D eigenvalue weighted by Gasteiger charge is -2.08. The monoisotopic (exact) mass is 282 g/mol. The number of carbonyl (C=O) groups is 1. The molecule has 0 saturated carbocycles. The van der Waals surface area contributed by atoms with Gasteiger partial charge in [-0.1, -0.05) is 36.4 Å². The van der Waals surface area contributed by atoms with E-state index in [0.717, 1.165) is 5.56 Å². The second-order valence-electron chi connectivity index (χ2n) is 4.44. The van der Waals surface area contributed by atoms with Crippen molar-refractivity contribution in [3.05, 3.63) is 60.0 Å². The van der Waals surface area contributed by atoms with Crippen molar-refractivity contribution in [2.45, 2.75) is 0 Å². The summed E-state index contributed by atoms with van der Waals surface area (Å²) in [6.45, 7) is 0. The fourth-order valence-electron chi connectivity index (χ4n) is 2.19. The summed E-state index contributed by atoms with van der Waals surface area (Å²) < 4.78 is 13.4. The molecule has 0 fully saturated rings. The highest BCUT2D eigenvalue weighted by molar-refractivity contribution is 5.98. The molecule has 0 aliphatic carbocycles. The van der Waals surface area contributed by atoms with E-state index in [1.54, 1.807) is 24.3 Å². The van der Waals surface area contributed by atoms with Crippen LogP contribution in [0.15, 0.2) is 48.5 Å².